The molecule has 1 atom stereocenters. The van der Waals surface area contributed by atoms with Crippen LogP contribution >= 0.6 is 11.3 Å². The molecule has 2 N–H and O–H groups in total. The van der Waals surface area contributed by atoms with Gasteiger partial charge in [0.15, 0.2) is 0 Å². The van der Waals surface area contributed by atoms with Crippen molar-refractivity contribution in [3.05, 3.63) is 38.8 Å². The lowest BCUT2D eigenvalue weighted by atomic mass is 9.90. The third-order valence-electron chi connectivity index (χ3n) is 4.27. The molecule has 0 radical (unpaired) electrons. The fraction of sp³-hybridized carbons (Fsp3) is 0.471. The first-order chi connectivity index (χ1) is 11.4. The number of carbonyl (C=O) groups excluding carboxylic acids is 2. The minimum atomic E-state index is -0.301. The number of rotatable bonds is 3. The smallest absolute Gasteiger partial charge is 0.271 e. The third kappa shape index (κ3) is 3.67. The maximum absolute atomic E-state index is 12.2. The Morgan fingerprint density at radius 2 is 2.12 bits per heavy atom. The molecule has 0 spiro atoms. The van der Waals surface area contributed by atoms with Crippen molar-refractivity contribution in [2.75, 3.05) is 0 Å². The summed E-state index contributed by atoms with van der Waals surface area (Å²) in [5, 5.41) is 4.23. The first-order valence-corrected chi connectivity index (χ1v) is 8.96. The molecule has 1 aliphatic carbocycles. The molecule has 0 aromatic carbocycles. The molecule has 1 aliphatic rings. The molecule has 6 nitrogen and oxygen atoms in total. The van der Waals surface area contributed by atoms with Crippen LogP contribution in [0, 0.1) is 19.8 Å². The number of aromatic nitrogens is 2. The SMILES string of the molecule is Cc1cc(C)n(CC(=O)NNC(=O)c2cc3c(s2)CCC(C)C3)n1. The first kappa shape index (κ1) is 16.7. The Labute approximate surface area is 145 Å². The average molecular weight is 346 g/mol. The van der Waals surface area contributed by atoms with Crippen LogP contribution in [0.4, 0.5) is 0 Å². The molecule has 2 heterocycles. The standard InChI is InChI=1S/C17H22N4O2S/c1-10-4-5-14-13(6-10)8-15(24-14)17(23)19-18-16(22)9-21-12(3)7-11(2)20-21/h7-8,10H,4-6,9H2,1-3H3,(H,18,22)(H,19,23). The first-order valence-electron chi connectivity index (χ1n) is 8.14. The summed E-state index contributed by atoms with van der Waals surface area (Å²) in [6, 6.07) is 3.86. The molecular weight excluding hydrogens is 324 g/mol. The van der Waals surface area contributed by atoms with Gasteiger partial charge in [-0.3, -0.25) is 25.1 Å². The van der Waals surface area contributed by atoms with Gasteiger partial charge in [0.05, 0.1) is 10.6 Å². The van der Waals surface area contributed by atoms with Crippen molar-refractivity contribution in [3.63, 3.8) is 0 Å². The lowest BCUT2D eigenvalue weighted by Crippen LogP contribution is -2.43. The van der Waals surface area contributed by atoms with Gasteiger partial charge in [0.25, 0.3) is 11.8 Å². The second-order valence-corrected chi connectivity index (χ2v) is 7.63. The molecule has 128 valence electrons. The normalized spacial score (nSPS) is 16.5. The zero-order valence-corrected chi connectivity index (χ0v) is 15.0. The highest BCUT2D eigenvalue weighted by Gasteiger charge is 2.21. The van der Waals surface area contributed by atoms with E-state index in [1.165, 1.54) is 28.2 Å². The second-order valence-electron chi connectivity index (χ2n) is 6.49. The van der Waals surface area contributed by atoms with Gasteiger partial charge >= 0.3 is 0 Å². The number of aryl methyl sites for hydroxylation is 3. The highest BCUT2D eigenvalue weighted by Crippen LogP contribution is 2.32. The predicted octanol–water partition coefficient (Wildman–Crippen LogP) is 2.15. The summed E-state index contributed by atoms with van der Waals surface area (Å²) in [6.07, 6.45) is 3.25. The summed E-state index contributed by atoms with van der Waals surface area (Å²) in [7, 11) is 0. The summed E-state index contributed by atoms with van der Waals surface area (Å²) in [4.78, 5) is 26.1. The maximum Gasteiger partial charge on any atom is 0.279 e. The van der Waals surface area contributed by atoms with Crippen LogP contribution in [0.2, 0.25) is 0 Å². The van der Waals surface area contributed by atoms with Crippen molar-refractivity contribution in [1.82, 2.24) is 20.6 Å². The van der Waals surface area contributed by atoms with Crippen molar-refractivity contribution in [1.29, 1.82) is 0 Å². The lowest BCUT2D eigenvalue weighted by molar-refractivity contribution is -0.122. The van der Waals surface area contributed by atoms with Crippen LogP contribution in [0.1, 0.15) is 44.8 Å². The fourth-order valence-corrected chi connectivity index (χ4v) is 4.12. The zero-order chi connectivity index (χ0) is 17.3. The topological polar surface area (TPSA) is 76.0 Å². The van der Waals surface area contributed by atoms with Gasteiger partial charge < -0.3 is 0 Å². The summed E-state index contributed by atoms with van der Waals surface area (Å²) in [6.45, 7) is 6.09. The van der Waals surface area contributed by atoms with Gasteiger partial charge in [0.2, 0.25) is 0 Å². The van der Waals surface area contributed by atoms with E-state index in [1.54, 1.807) is 4.68 Å². The largest absolute Gasteiger partial charge is 0.279 e. The number of hydrazine groups is 1. The van der Waals surface area contributed by atoms with Crippen LogP contribution in [-0.4, -0.2) is 21.6 Å². The Kier molecular flexibility index (Phi) is 4.71. The summed E-state index contributed by atoms with van der Waals surface area (Å²) < 4.78 is 1.61. The predicted molar refractivity (Wildman–Crippen MR) is 92.8 cm³/mol. The van der Waals surface area contributed by atoms with E-state index in [2.05, 4.69) is 22.9 Å². The monoisotopic (exact) mass is 346 g/mol. The maximum atomic E-state index is 12.2. The lowest BCUT2D eigenvalue weighted by Gasteiger charge is -2.16. The molecule has 0 saturated carbocycles. The number of thiophene rings is 1. The van der Waals surface area contributed by atoms with Gasteiger partial charge in [-0.1, -0.05) is 6.92 Å². The van der Waals surface area contributed by atoms with Gasteiger partial charge in [-0.2, -0.15) is 5.10 Å². The van der Waals surface area contributed by atoms with E-state index in [4.69, 9.17) is 0 Å². The van der Waals surface area contributed by atoms with Crippen molar-refractivity contribution in [2.45, 2.75) is 46.6 Å². The molecule has 7 heteroatoms. The Bertz CT molecular complexity index is 778. The molecule has 0 saturated heterocycles. The van der Waals surface area contributed by atoms with E-state index in [0.717, 1.165) is 24.2 Å². The molecular formula is C17H22N4O2S. The Morgan fingerprint density at radius 1 is 1.33 bits per heavy atom. The number of amides is 2. The molecule has 2 aromatic rings. The van der Waals surface area contributed by atoms with Crippen LogP contribution in [0.5, 0.6) is 0 Å². The molecule has 24 heavy (non-hydrogen) atoms. The van der Waals surface area contributed by atoms with Crippen molar-refractivity contribution in [3.8, 4) is 0 Å². The van der Waals surface area contributed by atoms with Gasteiger partial charge in [0.1, 0.15) is 6.54 Å². The van der Waals surface area contributed by atoms with E-state index < -0.39 is 0 Å². The van der Waals surface area contributed by atoms with Crippen LogP contribution in [0.3, 0.4) is 0 Å². The number of fused-ring (bicyclic) bond motifs is 1. The van der Waals surface area contributed by atoms with E-state index >= 15 is 0 Å². The molecule has 2 amide bonds. The van der Waals surface area contributed by atoms with E-state index in [1.807, 2.05) is 26.0 Å². The summed E-state index contributed by atoms with van der Waals surface area (Å²) in [5.74, 6) is 0.108. The van der Waals surface area contributed by atoms with Gasteiger partial charge in [-0.05, 0) is 56.7 Å². The number of carbonyl (C=O) groups is 2. The Hall–Kier alpha value is -2.15. The van der Waals surface area contributed by atoms with E-state index in [9.17, 15) is 9.59 Å². The number of nitrogens with zero attached hydrogens (tertiary/aromatic N) is 2. The van der Waals surface area contributed by atoms with Crippen molar-refractivity contribution < 1.29 is 9.59 Å². The van der Waals surface area contributed by atoms with Gasteiger partial charge in [-0.15, -0.1) is 11.3 Å². The zero-order valence-electron chi connectivity index (χ0n) is 14.2. The molecule has 3 rings (SSSR count). The van der Waals surface area contributed by atoms with Crippen LogP contribution in [-0.2, 0) is 24.2 Å². The minimum absolute atomic E-state index is 0.0818. The van der Waals surface area contributed by atoms with Crippen LogP contribution < -0.4 is 10.9 Å². The highest BCUT2D eigenvalue weighted by molar-refractivity contribution is 7.14. The van der Waals surface area contributed by atoms with Gasteiger partial charge in [-0.25, -0.2) is 0 Å². The Morgan fingerprint density at radius 3 is 2.83 bits per heavy atom. The molecule has 0 fully saturated rings. The van der Waals surface area contributed by atoms with Crippen molar-refractivity contribution >= 4 is 23.2 Å². The second kappa shape index (κ2) is 6.76. The quantitative estimate of drug-likeness (QED) is 0.836. The van der Waals surface area contributed by atoms with Gasteiger partial charge in [0, 0.05) is 10.6 Å². The summed E-state index contributed by atoms with van der Waals surface area (Å²) in [5.41, 5.74) is 8.01. The highest BCUT2D eigenvalue weighted by atomic mass is 32.1. The Balaban J connectivity index is 1.55. The van der Waals surface area contributed by atoms with Crippen LogP contribution in [0.15, 0.2) is 12.1 Å². The minimum Gasteiger partial charge on any atom is -0.271 e. The van der Waals surface area contributed by atoms with E-state index in [-0.39, 0.29) is 18.4 Å². The number of nitrogens with one attached hydrogen (secondary N) is 2. The number of hydrogen-bond donors (Lipinski definition) is 2. The van der Waals surface area contributed by atoms with Crippen LogP contribution in [0.25, 0.3) is 0 Å². The fourth-order valence-electron chi connectivity index (χ4n) is 3.02. The van der Waals surface area contributed by atoms with E-state index in [0.29, 0.717) is 10.8 Å². The molecule has 0 bridgehead atoms. The van der Waals surface area contributed by atoms with Crippen molar-refractivity contribution in [2.24, 2.45) is 5.92 Å². The third-order valence-corrected chi connectivity index (χ3v) is 5.50. The summed E-state index contributed by atoms with van der Waals surface area (Å²) >= 11 is 1.53. The number of hydrogen-bond acceptors (Lipinski definition) is 4. The molecule has 0 aliphatic heterocycles. The molecule has 2 aromatic heterocycles. The average Bonchev–Trinajstić information content (AvgIpc) is 3.07. The molecule has 1 unspecified atom stereocenters.